The number of carbonyl (C=O) groups is 2. The quantitative estimate of drug-likeness (QED) is 0.557. The summed E-state index contributed by atoms with van der Waals surface area (Å²) in [7, 11) is 0. The van der Waals surface area contributed by atoms with Gasteiger partial charge in [0.1, 0.15) is 4.88 Å². The molecule has 0 spiro atoms. The van der Waals surface area contributed by atoms with Gasteiger partial charge in [-0.15, -0.1) is 11.3 Å². The number of Topliss-reactive ketones (excluding diaryl/α,β-unsaturated/α-hetero) is 1. The van der Waals surface area contributed by atoms with Gasteiger partial charge in [-0.1, -0.05) is 39.0 Å². The van der Waals surface area contributed by atoms with E-state index in [1.54, 1.807) is 4.90 Å². The molecule has 1 aromatic rings. The van der Waals surface area contributed by atoms with Crippen molar-refractivity contribution < 1.29 is 9.59 Å². The molecule has 0 N–H and O–H groups in total. The van der Waals surface area contributed by atoms with Gasteiger partial charge in [-0.3, -0.25) is 9.59 Å². The van der Waals surface area contributed by atoms with Gasteiger partial charge < -0.3 is 4.90 Å². The van der Waals surface area contributed by atoms with Gasteiger partial charge in [-0.25, -0.2) is 0 Å². The summed E-state index contributed by atoms with van der Waals surface area (Å²) in [5.41, 5.74) is 0.823. The summed E-state index contributed by atoms with van der Waals surface area (Å²) in [6, 6.07) is 1.87. The maximum absolute atomic E-state index is 11.8. The van der Waals surface area contributed by atoms with E-state index in [1.807, 2.05) is 11.4 Å². The van der Waals surface area contributed by atoms with Crippen molar-refractivity contribution in [3.8, 4) is 0 Å². The second kappa shape index (κ2) is 6.14. The van der Waals surface area contributed by atoms with Gasteiger partial charge in [-0.2, -0.15) is 0 Å². The highest BCUT2D eigenvalue weighted by Crippen LogP contribution is 2.33. The highest BCUT2D eigenvalue weighted by molar-refractivity contribution is 7.14. The number of hydrogen-bond acceptors (Lipinski definition) is 3. The second-order valence-electron chi connectivity index (χ2n) is 4.69. The van der Waals surface area contributed by atoms with E-state index in [-0.39, 0.29) is 11.7 Å². The predicted octanol–water partition coefficient (Wildman–Crippen LogP) is 3.64. The first-order valence-corrected chi connectivity index (χ1v) is 7.57. The van der Waals surface area contributed by atoms with Gasteiger partial charge in [0, 0.05) is 6.54 Å². The Kier molecular flexibility index (Phi) is 4.53. The Bertz CT molecular complexity index is 439. The highest BCUT2D eigenvalue weighted by Gasteiger charge is 2.36. The smallest absolute Gasteiger partial charge is 0.300 e. The summed E-state index contributed by atoms with van der Waals surface area (Å²) in [5.74, 6) is -0.670. The molecule has 0 aromatic carbocycles. The summed E-state index contributed by atoms with van der Waals surface area (Å²) in [6.07, 6.45) is 7.15. The molecule has 0 atom stereocenters. The van der Waals surface area contributed by atoms with Crippen LogP contribution >= 0.6 is 11.3 Å². The van der Waals surface area contributed by atoms with Crippen LogP contribution in [0.2, 0.25) is 0 Å². The number of amides is 1. The molecule has 0 unspecified atom stereocenters. The molecular formula is C14H19NO2S. The third-order valence-electron chi connectivity index (χ3n) is 3.32. The predicted molar refractivity (Wildman–Crippen MR) is 74.4 cm³/mol. The molecular weight excluding hydrogens is 246 g/mol. The number of nitrogens with zero attached hydrogens (tertiary/aromatic N) is 1. The molecule has 4 heteroatoms. The van der Waals surface area contributed by atoms with Gasteiger partial charge in [0.2, 0.25) is 0 Å². The van der Waals surface area contributed by atoms with Gasteiger partial charge in [-0.05, 0) is 17.9 Å². The largest absolute Gasteiger partial charge is 0.304 e. The zero-order valence-corrected chi connectivity index (χ0v) is 11.6. The Morgan fingerprint density at radius 3 is 2.61 bits per heavy atom. The fourth-order valence-corrected chi connectivity index (χ4v) is 3.11. The Morgan fingerprint density at radius 2 is 1.83 bits per heavy atom. The van der Waals surface area contributed by atoms with Crippen LogP contribution in [0.25, 0.3) is 0 Å². The standard InChI is InChI=1S/C14H19NO2S/c1-2-3-4-5-6-7-9-15-11-8-10-18-13(11)12(16)14(15)17/h8,10H,2-7,9H2,1H3. The minimum atomic E-state index is -0.342. The van der Waals surface area contributed by atoms with E-state index in [0.717, 1.165) is 18.5 Å². The lowest BCUT2D eigenvalue weighted by atomic mass is 10.1. The van der Waals surface area contributed by atoms with E-state index in [9.17, 15) is 9.59 Å². The Balaban J connectivity index is 1.80. The van der Waals surface area contributed by atoms with Crippen LogP contribution in [0, 0.1) is 0 Å². The van der Waals surface area contributed by atoms with Crippen molar-refractivity contribution in [1.29, 1.82) is 0 Å². The van der Waals surface area contributed by atoms with E-state index in [1.165, 1.54) is 37.0 Å². The van der Waals surface area contributed by atoms with Crippen LogP contribution in [0.15, 0.2) is 11.4 Å². The van der Waals surface area contributed by atoms with E-state index in [2.05, 4.69) is 6.92 Å². The molecule has 0 fully saturated rings. The number of anilines is 1. The lowest BCUT2D eigenvalue weighted by Crippen LogP contribution is -2.30. The van der Waals surface area contributed by atoms with Gasteiger partial charge in [0.05, 0.1) is 5.69 Å². The Morgan fingerprint density at radius 1 is 1.11 bits per heavy atom. The molecule has 0 bridgehead atoms. The third-order valence-corrected chi connectivity index (χ3v) is 4.22. The van der Waals surface area contributed by atoms with Crippen molar-refractivity contribution in [2.24, 2.45) is 0 Å². The maximum atomic E-state index is 11.8. The highest BCUT2D eigenvalue weighted by atomic mass is 32.1. The van der Waals surface area contributed by atoms with Crippen molar-refractivity contribution in [1.82, 2.24) is 0 Å². The number of fused-ring (bicyclic) bond motifs is 1. The average molecular weight is 265 g/mol. The number of thiophene rings is 1. The van der Waals surface area contributed by atoms with Crippen molar-refractivity contribution >= 4 is 28.7 Å². The Labute approximate surface area is 112 Å². The number of rotatable bonds is 7. The molecule has 0 radical (unpaired) electrons. The van der Waals surface area contributed by atoms with Crippen LogP contribution < -0.4 is 4.90 Å². The summed E-state index contributed by atoms with van der Waals surface area (Å²) >= 11 is 1.37. The first-order valence-electron chi connectivity index (χ1n) is 6.69. The SMILES string of the molecule is CCCCCCCCN1C(=O)C(=O)c2sccc21. The summed E-state index contributed by atoms with van der Waals surface area (Å²) in [6.45, 7) is 2.88. The van der Waals surface area contributed by atoms with E-state index < -0.39 is 0 Å². The molecule has 2 heterocycles. The van der Waals surface area contributed by atoms with E-state index in [4.69, 9.17) is 0 Å². The van der Waals surface area contributed by atoms with Gasteiger partial charge in [0.25, 0.3) is 11.7 Å². The first-order chi connectivity index (χ1) is 8.75. The number of ketones is 1. The average Bonchev–Trinajstić information content (AvgIpc) is 2.92. The van der Waals surface area contributed by atoms with Crippen LogP contribution in [0.4, 0.5) is 5.69 Å². The molecule has 3 nitrogen and oxygen atoms in total. The van der Waals surface area contributed by atoms with E-state index >= 15 is 0 Å². The number of unbranched alkanes of at least 4 members (excludes halogenated alkanes) is 5. The van der Waals surface area contributed by atoms with Crippen LogP contribution in [-0.4, -0.2) is 18.2 Å². The first kappa shape index (κ1) is 13.3. The van der Waals surface area contributed by atoms with Crippen LogP contribution in [-0.2, 0) is 4.79 Å². The van der Waals surface area contributed by atoms with Crippen molar-refractivity contribution in [2.45, 2.75) is 45.4 Å². The van der Waals surface area contributed by atoms with Gasteiger partial charge in [0.15, 0.2) is 0 Å². The summed E-state index contributed by atoms with van der Waals surface area (Å²) < 4.78 is 0. The molecule has 0 aliphatic carbocycles. The fraction of sp³-hybridized carbons (Fsp3) is 0.571. The molecule has 1 aliphatic rings. The Hall–Kier alpha value is -1.16. The minimum absolute atomic E-state index is 0.328. The zero-order valence-electron chi connectivity index (χ0n) is 10.8. The van der Waals surface area contributed by atoms with Crippen LogP contribution in [0.3, 0.4) is 0 Å². The molecule has 18 heavy (non-hydrogen) atoms. The minimum Gasteiger partial charge on any atom is -0.304 e. The second-order valence-corrected chi connectivity index (χ2v) is 5.60. The molecule has 2 rings (SSSR count). The molecule has 98 valence electrons. The summed E-state index contributed by atoms with van der Waals surface area (Å²) in [4.78, 5) is 25.7. The normalized spacial score (nSPS) is 14.4. The van der Waals surface area contributed by atoms with E-state index in [0.29, 0.717) is 11.4 Å². The van der Waals surface area contributed by atoms with Gasteiger partial charge >= 0.3 is 0 Å². The molecule has 0 saturated carbocycles. The third kappa shape index (κ3) is 2.64. The van der Waals surface area contributed by atoms with Crippen molar-refractivity contribution in [2.75, 3.05) is 11.4 Å². The monoisotopic (exact) mass is 265 g/mol. The van der Waals surface area contributed by atoms with Crippen LogP contribution in [0.1, 0.15) is 55.1 Å². The molecule has 0 saturated heterocycles. The lowest BCUT2D eigenvalue weighted by Gasteiger charge is -2.14. The maximum Gasteiger partial charge on any atom is 0.300 e. The summed E-state index contributed by atoms with van der Waals surface area (Å²) in [5, 5.41) is 1.88. The lowest BCUT2D eigenvalue weighted by molar-refractivity contribution is -0.114. The fourth-order valence-electron chi connectivity index (χ4n) is 2.29. The molecule has 1 aromatic heterocycles. The topological polar surface area (TPSA) is 37.4 Å². The molecule has 1 aliphatic heterocycles. The van der Waals surface area contributed by atoms with Crippen LogP contribution in [0.5, 0.6) is 0 Å². The zero-order chi connectivity index (χ0) is 13.0. The number of carbonyl (C=O) groups excluding carboxylic acids is 2. The van der Waals surface area contributed by atoms with Crippen molar-refractivity contribution in [3.05, 3.63) is 16.3 Å². The van der Waals surface area contributed by atoms with Crippen molar-refractivity contribution in [3.63, 3.8) is 0 Å². The number of hydrogen-bond donors (Lipinski definition) is 0. The molecule has 1 amide bonds.